The second-order valence-electron chi connectivity index (χ2n) is 6.97. The Morgan fingerprint density at radius 3 is 2.46 bits per heavy atom. The van der Waals surface area contributed by atoms with Gasteiger partial charge in [0.15, 0.2) is 0 Å². The van der Waals surface area contributed by atoms with Gasteiger partial charge in [0.25, 0.3) is 0 Å². The summed E-state index contributed by atoms with van der Waals surface area (Å²) in [5, 5.41) is 3.33. The van der Waals surface area contributed by atoms with Crippen molar-refractivity contribution in [3.05, 3.63) is 64.7 Å². The highest BCUT2D eigenvalue weighted by molar-refractivity contribution is 7.89. The first kappa shape index (κ1) is 22.4. The molecule has 5 nitrogen and oxygen atoms in total. The SMILES string of the molecule is CCC[C@@H](C)NC(=O)CN(Cc1cccc(C)c1)S(=O)(=O)c1ccc(Cl)cc1. The molecule has 0 unspecified atom stereocenters. The smallest absolute Gasteiger partial charge is 0.243 e. The van der Waals surface area contributed by atoms with Crippen molar-refractivity contribution >= 4 is 27.5 Å². The summed E-state index contributed by atoms with van der Waals surface area (Å²) < 4.78 is 27.6. The number of carbonyl (C=O) groups excluding carboxylic acids is 1. The molecule has 28 heavy (non-hydrogen) atoms. The van der Waals surface area contributed by atoms with Gasteiger partial charge in [-0.2, -0.15) is 4.31 Å². The van der Waals surface area contributed by atoms with Gasteiger partial charge in [-0.25, -0.2) is 8.42 Å². The molecular weight excluding hydrogens is 396 g/mol. The fourth-order valence-electron chi connectivity index (χ4n) is 2.98. The summed E-state index contributed by atoms with van der Waals surface area (Å²) in [7, 11) is -3.86. The van der Waals surface area contributed by atoms with Crippen molar-refractivity contribution < 1.29 is 13.2 Å². The summed E-state index contributed by atoms with van der Waals surface area (Å²) in [5.41, 5.74) is 1.86. The molecule has 0 bridgehead atoms. The lowest BCUT2D eigenvalue weighted by Gasteiger charge is -2.23. The van der Waals surface area contributed by atoms with Crippen LogP contribution in [0.4, 0.5) is 0 Å². The van der Waals surface area contributed by atoms with Gasteiger partial charge in [-0.05, 0) is 50.1 Å². The number of aryl methyl sites for hydroxylation is 1. The number of rotatable bonds is 9. The fraction of sp³-hybridized carbons (Fsp3) is 0.381. The molecule has 0 spiro atoms. The van der Waals surface area contributed by atoms with Crippen LogP contribution in [0.1, 0.15) is 37.8 Å². The monoisotopic (exact) mass is 422 g/mol. The molecule has 0 radical (unpaired) electrons. The maximum atomic E-state index is 13.2. The molecule has 1 amide bonds. The Kier molecular flexibility index (Phi) is 8.04. The van der Waals surface area contributed by atoms with Crippen molar-refractivity contribution in [1.29, 1.82) is 0 Å². The number of nitrogens with zero attached hydrogens (tertiary/aromatic N) is 1. The van der Waals surface area contributed by atoms with Gasteiger partial charge in [-0.15, -0.1) is 0 Å². The molecule has 0 heterocycles. The zero-order valence-electron chi connectivity index (χ0n) is 16.5. The topological polar surface area (TPSA) is 66.5 Å². The maximum Gasteiger partial charge on any atom is 0.243 e. The Hall–Kier alpha value is -1.89. The molecule has 0 saturated heterocycles. The number of halogens is 1. The van der Waals surface area contributed by atoms with E-state index in [-0.39, 0.29) is 29.9 Å². The average molecular weight is 423 g/mol. The zero-order chi connectivity index (χ0) is 20.7. The third-order valence-electron chi connectivity index (χ3n) is 4.34. The summed E-state index contributed by atoms with van der Waals surface area (Å²) >= 11 is 5.89. The van der Waals surface area contributed by atoms with Crippen LogP contribution in [-0.2, 0) is 21.4 Å². The molecule has 0 aliphatic carbocycles. The lowest BCUT2D eigenvalue weighted by atomic mass is 10.1. The second-order valence-corrected chi connectivity index (χ2v) is 9.35. The van der Waals surface area contributed by atoms with E-state index in [4.69, 9.17) is 11.6 Å². The minimum absolute atomic E-state index is 0.00319. The molecule has 7 heteroatoms. The van der Waals surface area contributed by atoms with Crippen LogP contribution in [0.3, 0.4) is 0 Å². The van der Waals surface area contributed by atoms with E-state index in [1.807, 2.05) is 45.0 Å². The van der Waals surface area contributed by atoms with Gasteiger partial charge in [-0.3, -0.25) is 4.79 Å². The van der Waals surface area contributed by atoms with Crippen LogP contribution >= 0.6 is 11.6 Å². The van der Waals surface area contributed by atoms with Crippen LogP contribution in [0, 0.1) is 6.92 Å². The van der Waals surface area contributed by atoms with Crippen molar-refractivity contribution in [2.75, 3.05) is 6.54 Å². The van der Waals surface area contributed by atoms with Gasteiger partial charge in [0.05, 0.1) is 11.4 Å². The molecule has 0 aromatic heterocycles. The normalized spacial score (nSPS) is 12.8. The Morgan fingerprint density at radius 1 is 1.18 bits per heavy atom. The van der Waals surface area contributed by atoms with Crippen molar-refractivity contribution in [2.45, 2.75) is 51.1 Å². The first-order valence-electron chi connectivity index (χ1n) is 9.33. The van der Waals surface area contributed by atoms with E-state index in [1.165, 1.54) is 28.6 Å². The lowest BCUT2D eigenvalue weighted by Crippen LogP contribution is -2.43. The highest BCUT2D eigenvalue weighted by Gasteiger charge is 2.27. The summed E-state index contributed by atoms with van der Waals surface area (Å²) in [6, 6.07) is 13.6. The summed E-state index contributed by atoms with van der Waals surface area (Å²) in [6.45, 7) is 5.77. The lowest BCUT2D eigenvalue weighted by molar-refractivity contribution is -0.122. The van der Waals surface area contributed by atoms with Crippen LogP contribution in [0.25, 0.3) is 0 Å². The molecule has 1 atom stereocenters. The molecule has 1 N–H and O–H groups in total. The average Bonchev–Trinajstić information content (AvgIpc) is 2.61. The van der Waals surface area contributed by atoms with E-state index in [0.29, 0.717) is 5.02 Å². The van der Waals surface area contributed by atoms with Crippen LogP contribution in [0.15, 0.2) is 53.4 Å². The highest BCUT2D eigenvalue weighted by Crippen LogP contribution is 2.21. The van der Waals surface area contributed by atoms with Crippen LogP contribution in [-0.4, -0.2) is 31.2 Å². The van der Waals surface area contributed by atoms with E-state index in [9.17, 15) is 13.2 Å². The molecule has 0 fully saturated rings. The van der Waals surface area contributed by atoms with Crippen molar-refractivity contribution in [1.82, 2.24) is 9.62 Å². The first-order chi connectivity index (χ1) is 13.2. The summed E-state index contributed by atoms with van der Waals surface area (Å²) in [5.74, 6) is -0.314. The van der Waals surface area contributed by atoms with Crippen LogP contribution < -0.4 is 5.32 Å². The number of hydrogen-bond donors (Lipinski definition) is 1. The molecule has 2 rings (SSSR count). The predicted molar refractivity (Wildman–Crippen MR) is 113 cm³/mol. The number of nitrogens with one attached hydrogen (secondary N) is 1. The largest absolute Gasteiger partial charge is 0.353 e. The molecule has 2 aromatic rings. The Bertz CT molecular complexity index is 898. The van der Waals surface area contributed by atoms with E-state index in [0.717, 1.165) is 24.0 Å². The van der Waals surface area contributed by atoms with Crippen LogP contribution in [0.5, 0.6) is 0 Å². The molecule has 152 valence electrons. The number of carbonyl (C=O) groups is 1. The van der Waals surface area contributed by atoms with Gasteiger partial charge in [0, 0.05) is 17.6 Å². The molecule has 0 aliphatic heterocycles. The molecule has 0 aliphatic rings. The van der Waals surface area contributed by atoms with Gasteiger partial charge < -0.3 is 5.32 Å². The van der Waals surface area contributed by atoms with Gasteiger partial charge in [0.1, 0.15) is 0 Å². The molecular formula is C21H27ClN2O3S. The third-order valence-corrected chi connectivity index (χ3v) is 6.40. The van der Waals surface area contributed by atoms with Gasteiger partial charge in [0.2, 0.25) is 15.9 Å². The van der Waals surface area contributed by atoms with Crippen molar-refractivity contribution in [3.63, 3.8) is 0 Å². The maximum absolute atomic E-state index is 13.2. The summed E-state index contributed by atoms with van der Waals surface area (Å²) in [6.07, 6.45) is 1.78. The molecule has 2 aromatic carbocycles. The third kappa shape index (κ3) is 6.33. The number of amides is 1. The van der Waals surface area contributed by atoms with Crippen molar-refractivity contribution in [2.24, 2.45) is 0 Å². The van der Waals surface area contributed by atoms with Gasteiger partial charge in [-0.1, -0.05) is 54.8 Å². The van der Waals surface area contributed by atoms with Gasteiger partial charge >= 0.3 is 0 Å². The predicted octanol–water partition coefficient (Wildman–Crippen LogP) is 4.14. The number of hydrogen-bond acceptors (Lipinski definition) is 3. The van der Waals surface area contributed by atoms with Crippen LogP contribution in [0.2, 0.25) is 5.02 Å². The minimum atomic E-state index is -3.86. The standard InChI is InChI=1S/C21H27ClN2O3S/c1-4-6-17(3)23-21(25)15-24(14-18-8-5-7-16(2)13-18)28(26,27)20-11-9-19(22)10-12-20/h5,7-13,17H,4,6,14-15H2,1-3H3,(H,23,25)/t17-/m1/s1. The quantitative estimate of drug-likeness (QED) is 0.660. The second kappa shape index (κ2) is 10.0. The van der Waals surface area contributed by atoms with Crippen molar-refractivity contribution in [3.8, 4) is 0 Å². The minimum Gasteiger partial charge on any atom is -0.353 e. The number of benzene rings is 2. The number of sulfonamides is 1. The fourth-order valence-corrected chi connectivity index (χ4v) is 4.49. The Morgan fingerprint density at radius 2 is 1.86 bits per heavy atom. The Labute approximate surface area is 172 Å². The molecule has 0 saturated carbocycles. The Balaban J connectivity index is 2.29. The highest BCUT2D eigenvalue weighted by atomic mass is 35.5. The van der Waals surface area contributed by atoms with E-state index in [2.05, 4.69) is 5.32 Å². The zero-order valence-corrected chi connectivity index (χ0v) is 18.1. The first-order valence-corrected chi connectivity index (χ1v) is 11.1. The van der Waals surface area contributed by atoms with E-state index >= 15 is 0 Å². The van der Waals surface area contributed by atoms with E-state index < -0.39 is 10.0 Å². The van der Waals surface area contributed by atoms with E-state index in [1.54, 1.807) is 0 Å². The summed E-state index contributed by atoms with van der Waals surface area (Å²) in [4.78, 5) is 12.6.